The molecule has 0 saturated heterocycles. The first-order valence-electron chi connectivity index (χ1n) is 4.00. The van der Waals surface area contributed by atoms with Gasteiger partial charge in [-0.05, 0) is 6.07 Å². The van der Waals surface area contributed by atoms with Gasteiger partial charge in [0.1, 0.15) is 5.75 Å². The van der Waals surface area contributed by atoms with Crippen molar-refractivity contribution in [2.45, 2.75) is 5.51 Å². The smallest absolute Gasteiger partial charge is 0.375 e. The zero-order chi connectivity index (χ0) is 12.4. The maximum Gasteiger partial charge on any atom is 0.534 e. The van der Waals surface area contributed by atoms with Gasteiger partial charge in [0, 0.05) is 5.56 Å². The molecule has 0 aliphatic rings. The van der Waals surface area contributed by atoms with E-state index in [4.69, 9.17) is 0 Å². The predicted octanol–water partition coefficient (Wildman–Crippen LogP) is 2.56. The zero-order valence-electron chi connectivity index (χ0n) is 7.86. The summed E-state index contributed by atoms with van der Waals surface area (Å²) in [5, 5.41) is 0. The SMILES string of the molecule is C=Cc1ccccc1OS(=O)(=O)C(F)(F)F. The van der Waals surface area contributed by atoms with E-state index in [0.717, 1.165) is 6.07 Å². The average molecular weight is 252 g/mol. The predicted molar refractivity (Wildman–Crippen MR) is 52.1 cm³/mol. The Kier molecular flexibility index (Phi) is 3.27. The number of para-hydroxylation sites is 1. The van der Waals surface area contributed by atoms with Gasteiger partial charge in [-0.3, -0.25) is 0 Å². The minimum absolute atomic E-state index is 0.162. The van der Waals surface area contributed by atoms with E-state index in [2.05, 4.69) is 10.8 Å². The van der Waals surface area contributed by atoms with E-state index < -0.39 is 21.4 Å². The largest absolute Gasteiger partial charge is 0.534 e. The van der Waals surface area contributed by atoms with Gasteiger partial charge in [-0.25, -0.2) is 0 Å². The molecule has 0 atom stereocenters. The maximum atomic E-state index is 12.0. The zero-order valence-corrected chi connectivity index (χ0v) is 8.68. The van der Waals surface area contributed by atoms with Gasteiger partial charge < -0.3 is 4.18 Å². The number of benzene rings is 1. The standard InChI is InChI=1S/C9H7F3O3S/c1-2-7-5-3-4-6-8(7)15-16(13,14)9(10,11)12/h2-6H,1H2. The lowest BCUT2D eigenvalue weighted by Crippen LogP contribution is -2.28. The van der Waals surface area contributed by atoms with Crippen LogP contribution in [-0.4, -0.2) is 13.9 Å². The Morgan fingerprint density at radius 1 is 1.25 bits per heavy atom. The highest BCUT2D eigenvalue weighted by Gasteiger charge is 2.48. The van der Waals surface area contributed by atoms with Crippen molar-refractivity contribution in [1.29, 1.82) is 0 Å². The summed E-state index contributed by atoms with van der Waals surface area (Å²) in [6, 6.07) is 5.37. The van der Waals surface area contributed by atoms with Gasteiger partial charge in [-0.2, -0.15) is 21.6 Å². The first-order valence-corrected chi connectivity index (χ1v) is 5.41. The molecular weight excluding hydrogens is 245 g/mol. The molecule has 0 aliphatic heterocycles. The van der Waals surface area contributed by atoms with E-state index in [1.165, 1.54) is 24.3 Å². The van der Waals surface area contributed by atoms with E-state index in [-0.39, 0.29) is 5.56 Å². The fraction of sp³-hybridized carbons (Fsp3) is 0.111. The van der Waals surface area contributed by atoms with E-state index >= 15 is 0 Å². The fourth-order valence-corrected chi connectivity index (χ4v) is 1.37. The van der Waals surface area contributed by atoms with Gasteiger partial charge in [-0.15, -0.1) is 0 Å². The van der Waals surface area contributed by atoms with Crippen LogP contribution in [0.3, 0.4) is 0 Å². The number of rotatable bonds is 3. The fourth-order valence-electron chi connectivity index (χ4n) is 0.890. The summed E-state index contributed by atoms with van der Waals surface area (Å²) in [5.41, 5.74) is -5.28. The number of hydrogen-bond acceptors (Lipinski definition) is 3. The van der Waals surface area contributed by atoms with Crippen LogP contribution in [0.2, 0.25) is 0 Å². The van der Waals surface area contributed by atoms with Crippen molar-refractivity contribution in [2.75, 3.05) is 0 Å². The lowest BCUT2D eigenvalue weighted by Gasteiger charge is -2.10. The van der Waals surface area contributed by atoms with Gasteiger partial charge in [-0.1, -0.05) is 30.9 Å². The molecule has 0 bridgehead atoms. The highest BCUT2D eigenvalue weighted by molar-refractivity contribution is 7.88. The normalized spacial score (nSPS) is 12.2. The molecule has 1 aromatic rings. The molecule has 16 heavy (non-hydrogen) atoms. The van der Waals surface area contributed by atoms with Crippen LogP contribution < -0.4 is 4.18 Å². The maximum absolute atomic E-state index is 12.0. The molecule has 88 valence electrons. The van der Waals surface area contributed by atoms with Crippen molar-refractivity contribution >= 4 is 16.2 Å². The summed E-state index contributed by atoms with van der Waals surface area (Å²) in [4.78, 5) is 0. The molecule has 0 radical (unpaired) electrons. The van der Waals surface area contributed by atoms with E-state index in [1.54, 1.807) is 0 Å². The average Bonchev–Trinajstić information content (AvgIpc) is 2.16. The summed E-state index contributed by atoms with van der Waals surface area (Å²) in [7, 11) is -5.63. The molecule has 0 saturated carbocycles. The second kappa shape index (κ2) is 4.17. The van der Waals surface area contributed by atoms with Crippen molar-refractivity contribution in [3.63, 3.8) is 0 Å². The number of halogens is 3. The third kappa shape index (κ3) is 2.54. The van der Waals surface area contributed by atoms with Crippen molar-refractivity contribution in [3.8, 4) is 5.75 Å². The Labute approximate surface area is 90.3 Å². The van der Waals surface area contributed by atoms with E-state index in [9.17, 15) is 21.6 Å². The van der Waals surface area contributed by atoms with Crippen LogP contribution in [0.25, 0.3) is 6.08 Å². The Morgan fingerprint density at radius 2 is 1.81 bits per heavy atom. The molecule has 0 spiro atoms. The molecule has 0 amide bonds. The van der Waals surface area contributed by atoms with Crippen LogP contribution in [0.4, 0.5) is 13.2 Å². The molecule has 0 N–H and O–H groups in total. The van der Waals surface area contributed by atoms with Gasteiger partial charge >= 0.3 is 15.6 Å². The highest BCUT2D eigenvalue weighted by Crippen LogP contribution is 2.29. The molecule has 0 unspecified atom stereocenters. The molecular formula is C9H7F3O3S. The Balaban J connectivity index is 3.11. The Hall–Kier alpha value is -1.50. The third-order valence-electron chi connectivity index (χ3n) is 1.62. The van der Waals surface area contributed by atoms with Crippen LogP contribution in [0.15, 0.2) is 30.8 Å². The van der Waals surface area contributed by atoms with E-state index in [0.29, 0.717) is 0 Å². The molecule has 1 rings (SSSR count). The minimum atomic E-state index is -5.63. The van der Waals surface area contributed by atoms with Gasteiger partial charge in [0.2, 0.25) is 0 Å². The Bertz CT molecular complexity index is 491. The van der Waals surface area contributed by atoms with Crippen molar-refractivity contribution in [1.82, 2.24) is 0 Å². The van der Waals surface area contributed by atoms with Crippen LogP contribution in [-0.2, 0) is 10.1 Å². The first kappa shape index (κ1) is 12.6. The molecule has 7 heteroatoms. The van der Waals surface area contributed by atoms with Gasteiger partial charge in [0.15, 0.2) is 0 Å². The monoisotopic (exact) mass is 252 g/mol. The molecule has 1 aromatic carbocycles. The number of alkyl halides is 3. The van der Waals surface area contributed by atoms with Crippen molar-refractivity contribution in [2.24, 2.45) is 0 Å². The van der Waals surface area contributed by atoms with Crippen LogP contribution in [0.5, 0.6) is 5.75 Å². The quantitative estimate of drug-likeness (QED) is 0.613. The van der Waals surface area contributed by atoms with Crippen LogP contribution in [0, 0.1) is 0 Å². The van der Waals surface area contributed by atoms with E-state index in [1.807, 2.05) is 0 Å². The first-order chi connectivity index (χ1) is 7.28. The summed E-state index contributed by atoms with van der Waals surface area (Å²) < 4.78 is 61.4. The summed E-state index contributed by atoms with van der Waals surface area (Å²) in [6.45, 7) is 3.33. The topological polar surface area (TPSA) is 43.4 Å². The van der Waals surface area contributed by atoms with Gasteiger partial charge in [0.25, 0.3) is 0 Å². The summed E-state index contributed by atoms with van der Waals surface area (Å²) in [5.74, 6) is -0.408. The Morgan fingerprint density at radius 3 is 2.31 bits per heavy atom. The lowest BCUT2D eigenvalue weighted by molar-refractivity contribution is -0.0500. The second-order valence-electron chi connectivity index (χ2n) is 2.73. The van der Waals surface area contributed by atoms with Crippen molar-refractivity contribution in [3.05, 3.63) is 36.4 Å². The lowest BCUT2D eigenvalue weighted by atomic mass is 10.2. The third-order valence-corrected chi connectivity index (χ3v) is 2.59. The molecule has 0 heterocycles. The van der Waals surface area contributed by atoms with Crippen LogP contribution in [0.1, 0.15) is 5.56 Å². The second-order valence-corrected chi connectivity index (χ2v) is 4.26. The van der Waals surface area contributed by atoms with Gasteiger partial charge in [0.05, 0.1) is 0 Å². The molecule has 0 fully saturated rings. The summed E-state index contributed by atoms with van der Waals surface area (Å²) >= 11 is 0. The van der Waals surface area contributed by atoms with Crippen molar-refractivity contribution < 1.29 is 25.8 Å². The molecule has 0 aliphatic carbocycles. The minimum Gasteiger partial charge on any atom is -0.375 e. The molecule has 3 nitrogen and oxygen atoms in total. The molecule has 0 aromatic heterocycles. The highest BCUT2D eigenvalue weighted by atomic mass is 32.2. The number of hydrogen-bond donors (Lipinski definition) is 0. The van der Waals surface area contributed by atoms with Crippen LogP contribution >= 0.6 is 0 Å². The summed E-state index contributed by atoms with van der Waals surface area (Å²) in [6.07, 6.45) is 1.20.